The number of anilines is 1. The van der Waals surface area contributed by atoms with Crippen LogP contribution in [-0.2, 0) is 14.8 Å². The van der Waals surface area contributed by atoms with Crippen molar-refractivity contribution in [2.45, 2.75) is 4.90 Å². The minimum atomic E-state index is -3.86. The Kier molecular flexibility index (Phi) is 5.82. The minimum Gasteiger partial charge on any atom is -0.322 e. The lowest BCUT2D eigenvalue weighted by molar-refractivity contribution is -0.116. The molecule has 0 bridgehead atoms. The predicted molar refractivity (Wildman–Crippen MR) is 91.3 cm³/mol. The van der Waals surface area contributed by atoms with Crippen LogP contribution in [-0.4, -0.2) is 32.2 Å². The zero-order valence-corrected chi connectivity index (χ0v) is 14.8. The van der Waals surface area contributed by atoms with Gasteiger partial charge in [-0.15, -0.1) is 0 Å². The number of carbonyl (C=O) groups excluding carboxylic acids is 1. The normalized spacial score (nSPS) is 11.5. The summed E-state index contributed by atoms with van der Waals surface area (Å²) in [5.41, 5.74) is -0.0818. The second kappa shape index (κ2) is 7.48. The molecule has 1 amide bonds. The van der Waals surface area contributed by atoms with Crippen molar-refractivity contribution in [2.75, 3.05) is 18.9 Å². The fraction of sp³-hybridized carbons (Fsp3) is 0.133. The molecule has 128 valence electrons. The standard InChI is InChI=1S/C15H13Cl2FN2O3S/c1-20(24(22,23)12-5-2-10(16)3-6-12)9-15(21)19-14-7-4-11(17)8-13(14)18/h2-8H,9H2,1H3,(H,19,21). The number of rotatable bonds is 5. The first-order chi connectivity index (χ1) is 11.2. The molecule has 0 spiro atoms. The van der Waals surface area contributed by atoms with Crippen LogP contribution in [0.25, 0.3) is 0 Å². The third-order valence-corrected chi connectivity index (χ3v) is 5.40. The van der Waals surface area contributed by atoms with Gasteiger partial charge in [0.25, 0.3) is 0 Å². The van der Waals surface area contributed by atoms with E-state index in [-0.39, 0.29) is 15.6 Å². The number of likely N-dealkylation sites (N-methyl/N-ethyl adjacent to an activating group) is 1. The van der Waals surface area contributed by atoms with E-state index in [2.05, 4.69) is 5.32 Å². The maximum absolute atomic E-state index is 13.6. The topological polar surface area (TPSA) is 66.5 Å². The SMILES string of the molecule is CN(CC(=O)Nc1ccc(Cl)cc1F)S(=O)(=O)c1ccc(Cl)cc1. The summed E-state index contributed by atoms with van der Waals surface area (Å²) in [5.74, 6) is -1.39. The van der Waals surface area contributed by atoms with Gasteiger partial charge in [0.2, 0.25) is 15.9 Å². The summed E-state index contributed by atoms with van der Waals surface area (Å²) in [7, 11) is -2.61. The first kappa shape index (κ1) is 18.7. The van der Waals surface area contributed by atoms with Crippen molar-refractivity contribution in [1.82, 2.24) is 4.31 Å². The Morgan fingerprint density at radius 3 is 2.29 bits per heavy atom. The Balaban J connectivity index is 2.09. The van der Waals surface area contributed by atoms with E-state index in [0.29, 0.717) is 5.02 Å². The lowest BCUT2D eigenvalue weighted by Gasteiger charge is -2.17. The van der Waals surface area contributed by atoms with Gasteiger partial charge in [0, 0.05) is 17.1 Å². The van der Waals surface area contributed by atoms with Crippen LogP contribution in [0.2, 0.25) is 10.0 Å². The summed E-state index contributed by atoms with van der Waals surface area (Å²) in [5, 5.41) is 2.88. The van der Waals surface area contributed by atoms with Crippen LogP contribution < -0.4 is 5.32 Å². The highest BCUT2D eigenvalue weighted by Crippen LogP contribution is 2.20. The van der Waals surface area contributed by atoms with Gasteiger partial charge < -0.3 is 5.32 Å². The second-order valence-corrected chi connectivity index (χ2v) is 7.81. The smallest absolute Gasteiger partial charge is 0.243 e. The van der Waals surface area contributed by atoms with Crippen LogP contribution in [0.4, 0.5) is 10.1 Å². The molecule has 0 aliphatic carbocycles. The zero-order chi connectivity index (χ0) is 17.9. The number of nitrogens with zero attached hydrogens (tertiary/aromatic N) is 1. The van der Waals surface area contributed by atoms with E-state index in [1.807, 2.05) is 0 Å². The van der Waals surface area contributed by atoms with Crippen LogP contribution in [0, 0.1) is 5.82 Å². The number of benzene rings is 2. The van der Waals surface area contributed by atoms with Crippen LogP contribution in [0.3, 0.4) is 0 Å². The van der Waals surface area contributed by atoms with Gasteiger partial charge in [0.15, 0.2) is 0 Å². The Morgan fingerprint density at radius 2 is 1.71 bits per heavy atom. The largest absolute Gasteiger partial charge is 0.322 e. The Labute approximate surface area is 149 Å². The fourth-order valence-electron chi connectivity index (χ4n) is 1.85. The summed E-state index contributed by atoms with van der Waals surface area (Å²) >= 11 is 11.4. The molecule has 0 aliphatic heterocycles. The molecule has 0 aromatic heterocycles. The summed E-state index contributed by atoms with van der Waals surface area (Å²) in [6.45, 7) is -0.479. The van der Waals surface area contributed by atoms with E-state index < -0.39 is 28.3 Å². The van der Waals surface area contributed by atoms with E-state index in [0.717, 1.165) is 10.4 Å². The summed E-state index contributed by atoms with van der Waals surface area (Å²) in [6, 6.07) is 9.30. The number of hydrogen-bond donors (Lipinski definition) is 1. The molecule has 2 aromatic carbocycles. The van der Waals surface area contributed by atoms with E-state index in [1.54, 1.807) is 0 Å². The molecule has 2 aromatic rings. The maximum Gasteiger partial charge on any atom is 0.243 e. The predicted octanol–water partition coefficient (Wildman–Crippen LogP) is 3.39. The molecule has 0 radical (unpaired) electrons. The molecule has 5 nitrogen and oxygen atoms in total. The molecule has 0 atom stereocenters. The van der Waals surface area contributed by atoms with Gasteiger partial charge in [-0.05, 0) is 42.5 Å². The van der Waals surface area contributed by atoms with Crippen LogP contribution in [0.5, 0.6) is 0 Å². The first-order valence-electron chi connectivity index (χ1n) is 6.67. The Bertz CT molecular complexity index is 858. The third kappa shape index (κ3) is 4.45. The van der Waals surface area contributed by atoms with Crippen LogP contribution in [0.1, 0.15) is 0 Å². The van der Waals surface area contributed by atoms with Gasteiger partial charge in [-0.2, -0.15) is 4.31 Å². The van der Waals surface area contributed by atoms with Crippen molar-refractivity contribution >= 4 is 44.8 Å². The van der Waals surface area contributed by atoms with Gasteiger partial charge in [-0.3, -0.25) is 4.79 Å². The van der Waals surface area contributed by atoms with Crippen molar-refractivity contribution in [2.24, 2.45) is 0 Å². The van der Waals surface area contributed by atoms with E-state index in [9.17, 15) is 17.6 Å². The Hall–Kier alpha value is -1.67. The van der Waals surface area contributed by atoms with Gasteiger partial charge in [0.1, 0.15) is 5.82 Å². The molecule has 0 saturated carbocycles. The van der Waals surface area contributed by atoms with Crippen molar-refractivity contribution in [3.8, 4) is 0 Å². The lowest BCUT2D eigenvalue weighted by Crippen LogP contribution is -2.35. The first-order valence-corrected chi connectivity index (χ1v) is 8.86. The third-order valence-electron chi connectivity index (χ3n) is 3.09. The van der Waals surface area contributed by atoms with E-state index in [4.69, 9.17) is 23.2 Å². The van der Waals surface area contributed by atoms with Crippen molar-refractivity contribution in [3.63, 3.8) is 0 Å². The quantitative estimate of drug-likeness (QED) is 0.850. The lowest BCUT2D eigenvalue weighted by atomic mass is 10.3. The molecule has 1 N–H and O–H groups in total. The number of hydrogen-bond acceptors (Lipinski definition) is 3. The van der Waals surface area contributed by atoms with Crippen molar-refractivity contribution in [1.29, 1.82) is 0 Å². The summed E-state index contributed by atoms with van der Waals surface area (Å²) in [6.07, 6.45) is 0. The summed E-state index contributed by atoms with van der Waals surface area (Å²) < 4.78 is 39.2. The molecular formula is C15H13Cl2FN2O3S. The molecule has 0 saturated heterocycles. The van der Waals surface area contributed by atoms with Crippen LogP contribution >= 0.6 is 23.2 Å². The van der Waals surface area contributed by atoms with Gasteiger partial charge in [0.05, 0.1) is 17.1 Å². The maximum atomic E-state index is 13.6. The monoisotopic (exact) mass is 390 g/mol. The average molecular weight is 391 g/mol. The van der Waals surface area contributed by atoms with Gasteiger partial charge in [-0.1, -0.05) is 23.2 Å². The highest BCUT2D eigenvalue weighted by Gasteiger charge is 2.23. The van der Waals surface area contributed by atoms with Crippen LogP contribution in [0.15, 0.2) is 47.4 Å². The summed E-state index contributed by atoms with van der Waals surface area (Å²) in [4.78, 5) is 12.0. The highest BCUT2D eigenvalue weighted by molar-refractivity contribution is 7.89. The molecule has 9 heteroatoms. The Morgan fingerprint density at radius 1 is 1.12 bits per heavy atom. The number of sulfonamides is 1. The minimum absolute atomic E-state index is 0.000117. The highest BCUT2D eigenvalue weighted by atomic mass is 35.5. The van der Waals surface area contributed by atoms with Crippen molar-refractivity contribution in [3.05, 3.63) is 58.3 Å². The number of halogens is 3. The molecule has 24 heavy (non-hydrogen) atoms. The number of amides is 1. The zero-order valence-electron chi connectivity index (χ0n) is 12.5. The molecule has 0 heterocycles. The van der Waals surface area contributed by atoms with Crippen molar-refractivity contribution < 1.29 is 17.6 Å². The van der Waals surface area contributed by atoms with E-state index in [1.165, 1.54) is 43.4 Å². The number of carbonyl (C=O) groups is 1. The van der Waals surface area contributed by atoms with E-state index >= 15 is 0 Å². The molecule has 0 unspecified atom stereocenters. The number of nitrogens with one attached hydrogen (secondary N) is 1. The molecular weight excluding hydrogens is 378 g/mol. The molecule has 0 fully saturated rings. The average Bonchev–Trinajstić information content (AvgIpc) is 2.50. The molecule has 2 rings (SSSR count). The molecule has 0 aliphatic rings. The second-order valence-electron chi connectivity index (χ2n) is 4.89. The fourth-order valence-corrected chi connectivity index (χ4v) is 3.27. The van der Waals surface area contributed by atoms with Gasteiger partial charge in [-0.25, -0.2) is 12.8 Å². The van der Waals surface area contributed by atoms with Gasteiger partial charge >= 0.3 is 0 Å².